The van der Waals surface area contributed by atoms with Gasteiger partial charge in [-0.2, -0.15) is 0 Å². The minimum Gasteiger partial charge on any atom is -0.490 e. The molecule has 0 saturated heterocycles. The van der Waals surface area contributed by atoms with Gasteiger partial charge in [0.25, 0.3) is 0 Å². The zero-order valence-electron chi connectivity index (χ0n) is 10.7. The van der Waals surface area contributed by atoms with Gasteiger partial charge in [0.2, 0.25) is 5.76 Å². The molecule has 3 nitrogen and oxygen atoms in total. The summed E-state index contributed by atoms with van der Waals surface area (Å²) < 4.78 is 9.91. The van der Waals surface area contributed by atoms with Crippen LogP contribution in [0.3, 0.4) is 0 Å². The number of carbonyl (C=O) groups is 1. The molecule has 0 radical (unpaired) electrons. The number of rotatable bonds is 4. The van der Waals surface area contributed by atoms with E-state index in [-0.39, 0.29) is 5.76 Å². The van der Waals surface area contributed by atoms with Crippen LogP contribution in [0.25, 0.3) is 6.08 Å². The molecule has 17 heavy (non-hydrogen) atoms. The van der Waals surface area contributed by atoms with Gasteiger partial charge in [0.1, 0.15) is 0 Å². The van der Waals surface area contributed by atoms with Gasteiger partial charge in [-0.05, 0) is 43.5 Å². The van der Waals surface area contributed by atoms with Gasteiger partial charge in [0.15, 0.2) is 0 Å². The van der Waals surface area contributed by atoms with Crippen molar-refractivity contribution in [2.75, 3.05) is 13.7 Å². The molecule has 0 aliphatic rings. The molecular formula is C14H18O3. The van der Waals surface area contributed by atoms with E-state index in [1.54, 1.807) is 13.0 Å². The average Bonchev–Trinajstić information content (AvgIpc) is 2.30. The van der Waals surface area contributed by atoms with E-state index in [1.165, 1.54) is 18.2 Å². The smallest absolute Gasteiger partial charge is 0.373 e. The average molecular weight is 234 g/mol. The second-order valence-electron chi connectivity index (χ2n) is 3.78. The van der Waals surface area contributed by atoms with E-state index < -0.39 is 5.97 Å². The Morgan fingerprint density at radius 2 is 2.00 bits per heavy atom. The van der Waals surface area contributed by atoms with Crippen LogP contribution in [-0.2, 0) is 14.3 Å². The number of aryl methyl sites for hydroxylation is 2. The minimum absolute atomic E-state index is 0.218. The second kappa shape index (κ2) is 6.09. The standard InChI is InChI=1S/C14H18O3/c1-5-17-14(15)13(16-4)9-12-7-6-10(2)11(3)8-12/h6-9H,5H2,1-4H3/b13-9-. The third-order valence-corrected chi connectivity index (χ3v) is 2.53. The van der Waals surface area contributed by atoms with E-state index in [0.29, 0.717) is 6.61 Å². The van der Waals surface area contributed by atoms with Gasteiger partial charge in [0.05, 0.1) is 13.7 Å². The van der Waals surface area contributed by atoms with E-state index >= 15 is 0 Å². The van der Waals surface area contributed by atoms with Crippen molar-refractivity contribution in [3.05, 3.63) is 40.6 Å². The van der Waals surface area contributed by atoms with Crippen molar-refractivity contribution in [2.45, 2.75) is 20.8 Å². The highest BCUT2D eigenvalue weighted by Crippen LogP contribution is 2.14. The number of hydrogen-bond acceptors (Lipinski definition) is 3. The summed E-state index contributed by atoms with van der Waals surface area (Å²) in [7, 11) is 1.46. The lowest BCUT2D eigenvalue weighted by Crippen LogP contribution is -2.08. The Morgan fingerprint density at radius 3 is 2.53 bits per heavy atom. The van der Waals surface area contributed by atoms with Gasteiger partial charge >= 0.3 is 5.97 Å². The molecule has 92 valence electrons. The van der Waals surface area contributed by atoms with E-state index in [0.717, 1.165) is 5.56 Å². The molecular weight excluding hydrogens is 216 g/mol. The van der Waals surface area contributed by atoms with Crippen LogP contribution in [0.5, 0.6) is 0 Å². The minimum atomic E-state index is -0.437. The molecule has 0 bridgehead atoms. The molecule has 0 heterocycles. The van der Waals surface area contributed by atoms with Crippen LogP contribution in [0, 0.1) is 13.8 Å². The van der Waals surface area contributed by atoms with Gasteiger partial charge in [-0.15, -0.1) is 0 Å². The van der Waals surface area contributed by atoms with Gasteiger partial charge in [0, 0.05) is 0 Å². The maximum absolute atomic E-state index is 11.5. The van der Waals surface area contributed by atoms with E-state index in [1.807, 2.05) is 32.0 Å². The molecule has 0 saturated carbocycles. The summed E-state index contributed by atoms with van der Waals surface area (Å²) in [5.74, 6) is -0.219. The summed E-state index contributed by atoms with van der Waals surface area (Å²) in [4.78, 5) is 11.5. The number of esters is 1. The first kappa shape index (κ1) is 13.3. The van der Waals surface area contributed by atoms with Gasteiger partial charge in [-0.3, -0.25) is 0 Å². The molecule has 1 rings (SSSR count). The van der Waals surface area contributed by atoms with Crippen LogP contribution in [0.15, 0.2) is 24.0 Å². The SMILES string of the molecule is CCOC(=O)/C(=C/c1ccc(C)c(C)c1)OC. The van der Waals surface area contributed by atoms with Crippen molar-refractivity contribution in [2.24, 2.45) is 0 Å². The number of carbonyl (C=O) groups excluding carboxylic acids is 1. The van der Waals surface area contributed by atoms with Crippen LogP contribution < -0.4 is 0 Å². The fourth-order valence-corrected chi connectivity index (χ4v) is 1.41. The Hall–Kier alpha value is -1.77. The predicted molar refractivity (Wildman–Crippen MR) is 67.5 cm³/mol. The lowest BCUT2D eigenvalue weighted by molar-refractivity contribution is -0.141. The van der Waals surface area contributed by atoms with E-state index in [2.05, 4.69) is 0 Å². The number of benzene rings is 1. The molecule has 0 atom stereocenters. The first-order chi connectivity index (χ1) is 8.08. The summed E-state index contributed by atoms with van der Waals surface area (Å²) in [5, 5.41) is 0. The third kappa shape index (κ3) is 3.63. The molecule has 0 N–H and O–H groups in total. The van der Waals surface area contributed by atoms with Crippen LogP contribution in [-0.4, -0.2) is 19.7 Å². The highest BCUT2D eigenvalue weighted by Gasteiger charge is 2.10. The van der Waals surface area contributed by atoms with Gasteiger partial charge in [-0.1, -0.05) is 18.2 Å². The summed E-state index contributed by atoms with van der Waals surface area (Å²) in [6.45, 7) is 6.18. The fraction of sp³-hybridized carbons (Fsp3) is 0.357. The summed E-state index contributed by atoms with van der Waals surface area (Å²) in [6, 6.07) is 5.97. The lowest BCUT2D eigenvalue weighted by atomic mass is 10.1. The second-order valence-corrected chi connectivity index (χ2v) is 3.78. The van der Waals surface area contributed by atoms with Crippen molar-refractivity contribution < 1.29 is 14.3 Å². The number of hydrogen-bond donors (Lipinski definition) is 0. The van der Waals surface area contributed by atoms with Crippen molar-refractivity contribution >= 4 is 12.0 Å². The molecule has 0 aromatic heterocycles. The molecule has 0 amide bonds. The Bertz CT molecular complexity index is 433. The van der Waals surface area contributed by atoms with Gasteiger partial charge < -0.3 is 9.47 Å². The zero-order valence-corrected chi connectivity index (χ0v) is 10.7. The van der Waals surface area contributed by atoms with Crippen LogP contribution in [0.2, 0.25) is 0 Å². The Labute approximate surface area is 102 Å². The van der Waals surface area contributed by atoms with Crippen molar-refractivity contribution in [1.29, 1.82) is 0 Å². The summed E-state index contributed by atoms with van der Waals surface area (Å²) in [6.07, 6.45) is 1.68. The fourth-order valence-electron chi connectivity index (χ4n) is 1.41. The largest absolute Gasteiger partial charge is 0.490 e. The Kier molecular flexibility index (Phi) is 4.76. The number of methoxy groups -OCH3 is 1. The van der Waals surface area contributed by atoms with E-state index in [9.17, 15) is 4.79 Å². The molecule has 0 aliphatic heterocycles. The van der Waals surface area contributed by atoms with Crippen LogP contribution in [0.4, 0.5) is 0 Å². The van der Waals surface area contributed by atoms with E-state index in [4.69, 9.17) is 9.47 Å². The maximum atomic E-state index is 11.5. The van der Waals surface area contributed by atoms with Gasteiger partial charge in [-0.25, -0.2) is 4.79 Å². The summed E-state index contributed by atoms with van der Waals surface area (Å²) in [5.41, 5.74) is 3.33. The van der Waals surface area contributed by atoms with Crippen molar-refractivity contribution in [3.8, 4) is 0 Å². The first-order valence-electron chi connectivity index (χ1n) is 5.58. The normalized spacial score (nSPS) is 11.2. The van der Waals surface area contributed by atoms with Crippen LogP contribution in [0.1, 0.15) is 23.6 Å². The van der Waals surface area contributed by atoms with Crippen molar-refractivity contribution in [3.63, 3.8) is 0 Å². The highest BCUT2D eigenvalue weighted by molar-refractivity contribution is 5.91. The molecule has 1 aromatic carbocycles. The predicted octanol–water partition coefficient (Wildman–Crippen LogP) is 2.85. The molecule has 1 aromatic rings. The third-order valence-electron chi connectivity index (χ3n) is 2.53. The Balaban J connectivity index is 2.98. The maximum Gasteiger partial charge on any atom is 0.373 e. The molecule has 0 fully saturated rings. The topological polar surface area (TPSA) is 35.5 Å². The molecule has 0 aliphatic carbocycles. The first-order valence-corrected chi connectivity index (χ1v) is 5.58. The molecule has 0 unspecified atom stereocenters. The van der Waals surface area contributed by atoms with Crippen molar-refractivity contribution in [1.82, 2.24) is 0 Å². The monoisotopic (exact) mass is 234 g/mol. The summed E-state index contributed by atoms with van der Waals surface area (Å²) >= 11 is 0. The molecule has 0 spiro atoms. The zero-order chi connectivity index (χ0) is 12.8. The highest BCUT2D eigenvalue weighted by atomic mass is 16.6. The Morgan fingerprint density at radius 1 is 1.29 bits per heavy atom. The van der Waals surface area contributed by atoms with Crippen LogP contribution >= 0.6 is 0 Å². The number of ether oxygens (including phenoxy) is 2. The quantitative estimate of drug-likeness (QED) is 0.456. The molecule has 3 heteroatoms. The lowest BCUT2D eigenvalue weighted by Gasteiger charge is -2.06.